The van der Waals surface area contributed by atoms with E-state index >= 15 is 0 Å². The number of anilines is 1. The molecule has 5 rings (SSSR count). The summed E-state index contributed by atoms with van der Waals surface area (Å²) in [6.45, 7) is 15.5. The Labute approximate surface area is 242 Å². The number of benzene rings is 1. The normalized spacial score (nSPS) is 24.7. The highest BCUT2D eigenvalue weighted by Gasteiger charge is 2.38. The van der Waals surface area contributed by atoms with Crippen LogP contribution in [0.1, 0.15) is 40.7 Å². The van der Waals surface area contributed by atoms with Crippen molar-refractivity contribution in [2.75, 3.05) is 64.4 Å². The van der Waals surface area contributed by atoms with Crippen molar-refractivity contribution in [1.82, 2.24) is 24.3 Å². The molecule has 0 N–H and O–H groups in total. The molecular weight excluding hydrogens is 588 g/mol. The number of hydrogen-bond acceptors (Lipinski definition) is 8. The number of rotatable bonds is 3. The van der Waals surface area contributed by atoms with E-state index in [1.165, 1.54) is 0 Å². The molecule has 1 amide bonds. The number of carbonyl (C=O) groups excluding carboxylic acids is 1. The second-order valence-electron chi connectivity index (χ2n) is 12.0. The van der Waals surface area contributed by atoms with Gasteiger partial charge in [-0.2, -0.15) is 4.98 Å². The van der Waals surface area contributed by atoms with Crippen LogP contribution in [-0.4, -0.2) is 107 Å². The van der Waals surface area contributed by atoms with Crippen LogP contribution in [0.15, 0.2) is 15.3 Å². The average molecular weight is 626 g/mol. The average Bonchev–Trinajstić information content (AvgIpc) is 2.85. The fraction of sp³-hybridized carbons (Fsp3) is 0.667. The van der Waals surface area contributed by atoms with Gasteiger partial charge in [0, 0.05) is 63.3 Å². The number of halogens is 2. The summed E-state index contributed by atoms with van der Waals surface area (Å²) in [7, 11) is 2.13. The third kappa shape index (κ3) is 5.60. The van der Waals surface area contributed by atoms with Gasteiger partial charge in [-0.3, -0.25) is 9.47 Å². The van der Waals surface area contributed by atoms with E-state index in [4.69, 9.17) is 21.1 Å². The number of likely N-dealkylation sites (N-methyl/N-ethyl adjacent to an activating group) is 1. The van der Waals surface area contributed by atoms with Crippen LogP contribution in [-0.2, 0) is 4.74 Å². The zero-order valence-electron chi connectivity index (χ0n) is 23.5. The molecule has 0 radical (unpaired) electrons. The van der Waals surface area contributed by atoms with Gasteiger partial charge in [0.2, 0.25) is 0 Å². The van der Waals surface area contributed by atoms with Crippen molar-refractivity contribution < 1.29 is 14.3 Å². The lowest BCUT2D eigenvalue weighted by Crippen LogP contribution is -2.59. The molecule has 0 saturated carbocycles. The van der Waals surface area contributed by atoms with Crippen LogP contribution in [0.4, 0.5) is 10.6 Å². The Balaban J connectivity index is 1.52. The molecule has 10 nitrogen and oxygen atoms in total. The monoisotopic (exact) mass is 624 g/mol. The highest BCUT2D eigenvalue weighted by Crippen LogP contribution is 2.44. The number of ether oxygens (including phenoxy) is 2. The maximum Gasteiger partial charge on any atom is 0.410 e. The SMILES string of the molecule is C[C@@H]1CN(c2nc(=O)n3c4c(c(Br)c(Cl)cc24)OC[C@@H]3CN2CCN(C)CC2)[C@@H](C)CN1C(=O)OC(C)(C)C. The largest absolute Gasteiger partial charge is 0.488 e. The molecule has 0 aliphatic carbocycles. The summed E-state index contributed by atoms with van der Waals surface area (Å²) in [5, 5.41) is 1.27. The van der Waals surface area contributed by atoms with Gasteiger partial charge in [0.15, 0.2) is 5.75 Å². The molecule has 214 valence electrons. The van der Waals surface area contributed by atoms with Crippen LogP contribution < -0.4 is 15.3 Å². The standard InChI is InChI=1S/C27H38BrClN6O4/c1-16-13-34(26(37)39-27(3,4)5)17(2)12-33(16)24-19-11-20(29)21(28)23-22(19)35(25(36)30-24)18(15-38-23)14-32-9-7-31(6)8-10-32/h11,16-18H,7-10,12-15H2,1-6H3/t16-,17+,18-/m0/s1. The molecule has 2 saturated heterocycles. The van der Waals surface area contributed by atoms with E-state index in [2.05, 4.69) is 42.7 Å². The van der Waals surface area contributed by atoms with Gasteiger partial charge in [0.1, 0.15) is 23.5 Å². The first-order valence-corrected chi connectivity index (χ1v) is 14.8. The molecule has 12 heteroatoms. The van der Waals surface area contributed by atoms with Crippen LogP contribution in [0.2, 0.25) is 5.02 Å². The molecule has 1 aromatic carbocycles. The van der Waals surface area contributed by atoms with Crippen LogP contribution in [0.25, 0.3) is 10.9 Å². The van der Waals surface area contributed by atoms with E-state index in [1.54, 1.807) is 9.47 Å². The third-order valence-electron chi connectivity index (χ3n) is 7.78. The first kappa shape index (κ1) is 28.4. The predicted octanol–water partition coefficient (Wildman–Crippen LogP) is 3.83. The van der Waals surface area contributed by atoms with E-state index in [1.807, 2.05) is 40.7 Å². The summed E-state index contributed by atoms with van der Waals surface area (Å²) in [6, 6.07) is 1.46. The minimum atomic E-state index is -0.575. The number of carbonyl (C=O) groups is 1. The van der Waals surface area contributed by atoms with E-state index < -0.39 is 5.60 Å². The molecule has 0 bridgehead atoms. The quantitative estimate of drug-likeness (QED) is 0.509. The Hall–Kier alpha value is -2.08. The zero-order valence-corrected chi connectivity index (χ0v) is 25.9. The van der Waals surface area contributed by atoms with Crippen LogP contribution in [0.5, 0.6) is 5.75 Å². The van der Waals surface area contributed by atoms with Gasteiger partial charge in [0.05, 0.1) is 15.5 Å². The summed E-state index contributed by atoms with van der Waals surface area (Å²) < 4.78 is 14.4. The summed E-state index contributed by atoms with van der Waals surface area (Å²) in [5.74, 6) is 1.13. The summed E-state index contributed by atoms with van der Waals surface area (Å²) in [4.78, 5) is 39.8. The fourth-order valence-electron chi connectivity index (χ4n) is 5.71. The topological polar surface area (TPSA) is 83.4 Å². The van der Waals surface area contributed by atoms with Gasteiger partial charge in [-0.05, 0) is 63.7 Å². The highest BCUT2D eigenvalue weighted by molar-refractivity contribution is 9.10. The van der Waals surface area contributed by atoms with E-state index in [0.717, 1.165) is 31.6 Å². The molecule has 2 aromatic rings. The van der Waals surface area contributed by atoms with E-state index in [0.29, 0.717) is 52.8 Å². The van der Waals surface area contributed by atoms with Crippen molar-refractivity contribution in [3.05, 3.63) is 26.0 Å². The molecule has 3 aliphatic heterocycles. The predicted molar refractivity (Wildman–Crippen MR) is 156 cm³/mol. The van der Waals surface area contributed by atoms with Crippen molar-refractivity contribution in [3.63, 3.8) is 0 Å². The van der Waals surface area contributed by atoms with Crippen molar-refractivity contribution in [1.29, 1.82) is 0 Å². The summed E-state index contributed by atoms with van der Waals surface area (Å²) in [6.07, 6.45) is -0.335. The number of aromatic nitrogens is 2. The van der Waals surface area contributed by atoms with Crippen molar-refractivity contribution >= 4 is 50.3 Å². The molecule has 1 aromatic heterocycles. The third-order valence-corrected chi connectivity index (χ3v) is 9.09. The van der Waals surface area contributed by atoms with E-state index in [-0.39, 0.29) is 29.9 Å². The molecule has 2 fully saturated rings. The molecule has 0 unspecified atom stereocenters. The van der Waals surface area contributed by atoms with Crippen molar-refractivity contribution in [2.45, 2.75) is 58.3 Å². The Morgan fingerprint density at radius 1 is 1.18 bits per heavy atom. The second-order valence-corrected chi connectivity index (χ2v) is 13.2. The molecule has 39 heavy (non-hydrogen) atoms. The first-order valence-electron chi connectivity index (χ1n) is 13.6. The number of nitrogens with zero attached hydrogens (tertiary/aromatic N) is 6. The van der Waals surface area contributed by atoms with Gasteiger partial charge in [0.25, 0.3) is 0 Å². The summed E-state index contributed by atoms with van der Waals surface area (Å²) in [5.41, 5.74) is -0.167. The number of amides is 1. The molecule has 3 atom stereocenters. The number of piperazine rings is 2. The van der Waals surface area contributed by atoms with Crippen LogP contribution in [0, 0.1) is 0 Å². The smallest absolute Gasteiger partial charge is 0.410 e. The maximum atomic E-state index is 13.7. The van der Waals surface area contributed by atoms with Crippen molar-refractivity contribution in [2.24, 2.45) is 0 Å². The molecular formula is C27H38BrClN6O4. The van der Waals surface area contributed by atoms with Crippen LogP contribution >= 0.6 is 27.5 Å². The lowest BCUT2D eigenvalue weighted by atomic mass is 10.1. The zero-order chi connectivity index (χ0) is 28.2. The lowest BCUT2D eigenvalue weighted by Gasteiger charge is -2.45. The maximum absolute atomic E-state index is 13.7. The van der Waals surface area contributed by atoms with Gasteiger partial charge in [-0.1, -0.05) is 11.6 Å². The Bertz CT molecular complexity index is 1320. The van der Waals surface area contributed by atoms with Crippen molar-refractivity contribution in [3.8, 4) is 5.75 Å². The Morgan fingerprint density at radius 2 is 1.87 bits per heavy atom. The van der Waals surface area contributed by atoms with Gasteiger partial charge in [-0.25, -0.2) is 9.59 Å². The minimum absolute atomic E-state index is 0.101. The molecule has 0 spiro atoms. The molecule has 4 heterocycles. The minimum Gasteiger partial charge on any atom is -0.488 e. The Morgan fingerprint density at radius 3 is 2.54 bits per heavy atom. The highest BCUT2D eigenvalue weighted by atomic mass is 79.9. The second kappa shape index (κ2) is 10.7. The van der Waals surface area contributed by atoms with Gasteiger partial charge >= 0.3 is 11.8 Å². The van der Waals surface area contributed by atoms with Gasteiger partial charge in [-0.15, -0.1) is 0 Å². The lowest BCUT2D eigenvalue weighted by molar-refractivity contribution is 0.0130. The first-order chi connectivity index (χ1) is 18.3. The van der Waals surface area contributed by atoms with Crippen LogP contribution in [0.3, 0.4) is 0 Å². The Kier molecular flexibility index (Phi) is 7.82. The summed E-state index contributed by atoms with van der Waals surface area (Å²) >= 11 is 10.2. The van der Waals surface area contributed by atoms with E-state index in [9.17, 15) is 9.59 Å². The molecule has 3 aliphatic rings. The fourth-order valence-corrected chi connectivity index (χ4v) is 6.32. The van der Waals surface area contributed by atoms with Gasteiger partial charge < -0.3 is 24.2 Å². The number of hydrogen-bond donors (Lipinski definition) is 0.